The number of nitrogens with two attached hydrogens (primary N) is 1. The molecule has 6 heteroatoms. The van der Waals surface area contributed by atoms with Crippen molar-refractivity contribution in [2.45, 2.75) is 0 Å². The van der Waals surface area contributed by atoms with Crippen LogP contribution in [0, 0.1) is 0 Å². The van der Waals surface area contributed by atoms with Gasteiger partial charge in [0.05, 0.1) is 24.9 Å². The molecular weight excluding hydrogens is 316 g/mol. The van der Waals surface area contributed by atoms with Crippen LogP contribution in [0.5, 0.6) is 11.5 Å². The summed E-state index contributed by atoms with van der Waals surface area (Å²) in [4.78, 5) is 12.1. The summed E-state index contributed by atoms with van der Waals surface area (Å²) in [5, 5.41) is 3.13. The highest BCUT2D eigenvalue weighted by Gasteiger charge is 2.11. The van der Waals surface area contributed by atoms with Crippen LogP contribution in [0.2, 0.25) is 5.02 Å². The summed E-state index contributed by atoms with van der Waals surface area (Å²) in [6.07, 6.45) is 3.11. The Kier molecular flexibility index (Phi) is 5.49. The van der Waals surface area contributed by atoms with Crippen LogP contribution in [0.15, 0.2) is 42.5 Å². The molecule has 0 heterocycles. The molecule has 120 valence electrons. The van der Waals surface area contributed by atoms with Crippen LogP contribution >= 0.6 is 11.6 Å². The van der Waals surface area contributed by atoms with Crippen molar-refractivity contribution in [1.29, 1.82) is 0 Å². The molecule has 0 saturated heterocycles. The average Bonchev–Trinajstić information content (AvgIpc) is 2.55. The molecule has 2 rings (SSSR count). The van der Waals surface area contributed by atoms with Gasteiger partial charge in [-0.15, -0.1) is 0 Å². The molecule has 2 aromatic carbocycles. The Balaban J connectivity index is 2.14. The van der Waals surface area contributed by atoms with Gasteiger partial charge in [0.2, 0.25) is 5.91 Å². The number of rotatable bonds is 5. The van der Waals surface area contributed by atoms with Crippen LogP contribution in [-0.4, -0.2) is 20.1 Å². The fraction of sp³-hybridized carbons (Fsp3) is 0.118. The zero-order valence-electron chi connectivity index (χ0n) is 12.8. The monoisotopic (exact) mass is 332 g/mol. The fourth-order valence-electron chi connectivity index (χ4n) is 1.91. The van der Waals surface area contributed by atoms with E-state index >= 15 is 0 Å². The molecule has 0 saturated carbocycles. The van der Waals surface area contributed by atoms with Gasteiger partial charge in [-0.2, -0.15) is 0 Å². The second-order valence-electron chi connectivity index (χ2n) is 4.68. The quantitative estimate of drug-likeness (QED) is 0.648. The lowest BCUT2D eigenvalue weighted by molar-refractivity contribution is -0.111. The molecule has 5 nitrogen and oxygen atoms in total. The summed E-state index contributed by atoms with van der Waals surface area (Å²) in [6.45, 7) is 0. The van der Waals surface area contributed by atoms with Crippen molar-refractivity contribution in [2.24, 2.45) is 0 Å². The van der Waals surface area contributed by atoms with Crippen molar-refractivity contribution in [1.82, 2.24) is 0 Å². The first kappa shape index (κ1) is 16.7. The van der Waals surface area contributed by atoms with E-state index in [1.54, 1.807) is 30.3 Å². The highest BCUT2D eigenvalue weighted by Crippen LogP contribution is 2.35. The molecule has 0 atom stereocenters. The minimum absolute atomic E-state index is 0.301. The minimum atomic E-state index is -0.301. The SMILES string of the molecule is COc1cc(NC(=O)/C=C/c2ccc(N)cc2)c(OC)cc1Cl. The van der Waals surface area contributed by atoms with E-state index in [-0.39, 0.29) is 5.91 Å². The first-order valence-corrected chi connectivity index (χ1v) is 7.17. The van der Waals surface area contributed by atoms with E-state index in [9.17, 15) is 4.79 Å². The van der Waals surface area contributed by atoms with Crippen molar-refractivity contribution in [3.05, 3.63) is 53.1 Å². The van der Waals surface area contributed by atoms with Gasteiger partial charge in [0.15, 0.2) is 0 Å². The second kappa shape index (κ2) is 7.56. The van der Waals surface area contributed by atoms with Crippen LogP contribution in [0.3, 0.4) is 0 Å². The van der Waals surface area contributed by atoms with Gasteiger partial charge in [-0.05, 0) is 23.8 Å². The molecule has 0 aromatic heterocycles. The minimum Gasteiger partial charge on any atom is -0.495 e. The third kappa shape index (κ3) is 4.40. The first-order valence-electron chi connectivity index (χ1n) is 6.79. The van der Waals surface area contributed by atoms with Crippen LogP contribution in [0.25, 0.3) is 6.08 Å². The summed E-state index contributed by atoms with van der Waals surface area (Å²) < 4.78 is 10.3. The zero-order chi connectivity index (χ0) is 16.8. The maximum absolute atomic E-state index is 12.1. The highest BCUT2D eigenvalue weighted by molar-refractivity contribution is 6.32. The lowest BCUT2D eigenvalue weighted by Gasteiger charge is -2.12. The van der Waals surface area contributed by atoms with E-state index < -0.39 is 0 Å². The number of hydrogen-bond donors (Lipinski definition) is 2. The molecule has 0 aliphatic heterocycles. The standard InChI is InChI=1S/C17H17ClN2O3/c1-22-15-10-14(16(23-2)9-13(15)18)20-17(21)8-5-11-3-6-12(19)7-4-11/h3-10H,19H2,1-2H3,(H,20,21)/b8-5+. The van der Waals surface area contributed by atoms with Crippen LogP contribution in [-0.2, 0) is 4.79 Å². The van der Waals surface area contributed by atoms with E-state index in [1.165, 1.54) is 20.3 Å². The fourth-order valence-corrected chi connectivity index (χ4v) is 2.14. The van der Waals surface area contributed by atoms with Gasteiger partial charge in [-0.3, -0.25) is 4.79 Å². The molecule has 0 unspecified atom stereocenters. The maximum atomic E-state index is 12.1. The number of benzene rings is 2. The summed E-state index contributed by atoms with van der Waals surface area (Å²) >= 11 is 6.03. The molecule has 0 bridgehead atoms. The van der Waals surface area contributed by atoms with Crippen LogP contribution < -0.4 is 20.5 Å². The summed E-state index contributed by atoms with van der Waals surface area (Å²) in [5.74, 6) is 0.597. The molecule has 1 amide bonds. The number of carbonyl (C=O) groups is 1. The van der Waals surface area contributed by atoms with E-state index in [1.807, 2.05) is 12.1 Å². The van der Waals surface area contributed by atoms with Gasteiger partial charge in [0.25, 0.3) is 0 Å². The van der Waals surface area contributed by atoms with Crippen molar-refractivity contribution in [2.75, 3.05) is 25.3 Å². The second-order valence-corrected chi connectivity index (χ2v) is 5.08. The molecular formula is C17H17ClN2O3. The Hall–Kier alpha value is -2.66. The molecule has 0 aliphatic carbocycles. The van der Waals surface area contributed by atoms with Crippen LogP contribution in [0.4, 0.5) is 11.4 Å². The molecule has 2 aromatic rings. The number of ether oxygens (including phenoxy) is 2. The zero-order valence-corrected chi connectivity index (χ0v) is 13.6. The number of amides is 1. The predicted octanol–water partition coefficient (Wildman–Crippen LogP) is 3.59. The van der Waals surface area contributed by atoms with Crippen molar-refractivity contribution in [3.63, 3.8) is 0 Å². The van der Waals surface area contributed by atoms with Crippen LogP contribution in [0.1, 0.15) is 5.56 Å². The number of nitrogens with one attached hydrogen (secondary N) is 1. The summed E-state index contributed by atoms with van der Waals surface area (Å²) in [7, 11) is 3.00. The topological polar surface area (TPSA) is 73.6 Å². The van der Waals surface area contributed by atoms with Crippen molar-refractivity contribution >= 4 is 35.0 Å². The van der Waals surface area contributed by atoms with Gasteiger partial charge >= 0.3 is 0 Å². The van der Waals surface area contributed by atoms with Gasteiger partial charge in [0, 0.05) is 23.9 Å². The van der Waals surface area contributed by atoms with Crippen molar-refractivity contribution in [3.8, 4) is 11.5 Å². The smallest absolute Gasteiger partial charge is 0.248 e. The lowest BCUT2D eigenvalue weighted by atomic mass is 10.2. The van der Waals surface area contributed by atoms with Gasteiger partial charge < -0.3 is 20.5 Å². The number of nitrogen functional groups attached to an aromatic ring is 1. The molecule has 0 spiro atoms. The maximum Gasteiger partial charge on any atom is 0.248 e. The van der Waals surface area contributed by atoms with E-state index in [2.05, 4.69) is 5.32 Å². The number of hydrogen-bond acceptors (Lipinski definition) is 4. The first-order chi connectivity index (χ1) is 11.0. The number of halogens is 1. The lowest BCUT2D eigenvalue weighted by Crippen LogP contribution is -2.09. The Morgan fingerprint density at radius 1 is 1.13 bits per heavy atom. The van der Waals surface area contributed by atoms with E-state index in [0.717, 1.165) is 5.56 Å². The largest absolute Gasteiger partial charge is 0.495 e. The highest BCUT2D eigenvalue weighted by atomic mass is 35.5. The Bertz CT molecular complexity index is 727. The van der Waals surface area contributed by atoms with Gasteiger partial charge in [-0.1, -0.05) is 23.7 Å². The van der Waals surface area contributed by atoms with Crippen molar-refractivity contribution < 1.29 is 14.3 Å². The molecule has 3 N–H and O–H groups in total. The summed E-state index contributed by atoms with van der Waals surface area (Å²) in [5.41, 5.74) is 7.63. The normalized spacial score (nSPS) is 10.6. The molecule has 0 fully saturated rings. The number of anilines is 2. The van der Waals surface area contributed by atoms with Gasteiger partial charge in [0.1, 0.15) is 11.5 Å². The van der Waals surface area contributed by atoms with E-state index in [4.69, 9.17) is 26.8 Å². The predicted molar refractivity (Wildman–Crippen MR) is 93.1 cm³/mol. The Morgan fingerprint density at radius 2 is 1.78 bits per heavy atom. The molecule has 23 heavy (non-hydrogen) atoms. The average molecular weight is 333 g/mol. The third-order valence-electron chi connectivity index (χ3n) is 3.10. The third-order valence-corrected chi connectivity index (χ3v) is 3.39. The Morgan fingerprint density at radius 3 is 2.39 bits per heavy atom. The Labute approximate surface area is 139 Å². The van der Waals surface area contributed by atoms with E-state index in [0.29, 0.717) is 27.9 Å². The number of carbonyl (C=O) groups excluding carboxylic acids is 1. The molecule has 0 radical (unpaired) electrons. The number of methoxy groups -OCH3 is 2. The summed E-state index contributed by atoms with van der Waals surface area (Å²) in [6, 6.07) is 10.4. The molecule has 0 aliphatic rings. The van der Waals surface area contributed by atoms with Gasteiger partial charge in [-0.25, -0.2) is 0 Å².